The molecule has 0 radical (unpaired) electrons. The number of aliphatic hydroxyl groups is 1. The first kappa shape index (κ1) is 12.0. The summed E-state index contributed by atoms with van der Waals surface area (Å²) >= 11 is 0. The highest BCUT2D eigenvalue weighted by molar-refractivity contribution is 5.82. The van der Waals surface area contributed by atoms with Crippen molar-refractivity contribution >= 4 is 5.97 Å². The van der Waals surface area contributed by atoms with Crippen LogP contribution in [0, 0.1) is 12.3 Å². The van der Waals surface area contributed by atoms with Gasteiger partial charge in [-0.1, -0.05) is 18.1 Å². The Morgan fingerprint density at radius 2 is 2.21 bits per heavy atom. The minimum Gasteiger partial charge on any atom is -0.508 e. The van der Waals surface area contributed by atoms with E-state index in [1.54, 1.807) is 19.1 Å². The van der Waals surface area contributed by atoms with Gasteiger partial charge in [0.05, 0.1) is 13.2 Å². The van der Waals surface area contributed by atoms with Crippen molar-refractivity contribution in [3.8, 4) is 12.3 Å². The number of carbonyl (C=O) groups excluding carboxylic acids is 1. The molecule has 0 unspecified atom stereocenters. The van der Waals surface area contributed by atoms with Gasteiger partial charge in [-0.15, -0.1) is 6.42 Å². The Hall–Kier alpha value is -1.95. The lowest BCUT2D eigenvalue weighted by atomic mass is 10.3. The minimum atomic E-state index is -0.607. The number of aliphatic hydroxyl groups excluding tert-OH is 1. The summed E-state index contributed by atoms with van der Waals surface area (Å²) < 4.78 is 4.31. The SMILES string of the molecule is C#C\C(C)=C/C=C/C(O)=C/C(=O)OC. The van der Waals surface area contributed by atoms with Crippen molar-refractivity contribution in [2.45, 2.75) is 6.92 Å². The van der Waals surface area contributed by atoms with Gasteiger partial charge in [-0.3, -0.25) is 0 Å². The monoisotopic (exact) mass is 192 g/mol. The molecular formula is C11H12O3. The predicted molar refractivity (Wildman–Crippen MR) is 54.5 cm³/mol. The van der Waals surface area contributed by atoms with Crippen LogP contribution in [0.15, 0.2) is 35.6 Å². The number of allylic oxidation sites excluding steroid dienone is 4. The lowest BCUT2D eigenvalue weighted by Crippen LogP contribution is -1.95. The summed E-state index contributed by atoms with van der Waals surface area (Å²) in [5.41, 5.74) is 0.729. The molecule has 3 nitrogen and oxygen atoms in total. The summed E-state index contributed by atoms with van der Waals surface area (Å²) in [6.45, 7) is 1.76. The first-order valence-corrected chi connectivity index (χ1v) is 3.90. The van der Waals surface area contributed by atoms with Crippen LogP contribution >= 0.6 is 0 Å². The highest BCUT2D eigenvalue weighted by Gasteiger charge is 1.94. The highest BCUT2D eigenvalue weighted by atomic mass is 16.5. The topological polar surface area (TPSA) is 46.5 Å². The minimum absolute atomic E-state index is 0.182. The molecule has 0 heterocycles. The summed E-state index contributed by atoms with van der Waals surface area (Å²) in [5.74, 6) is 1.62. The molecule has 74 valence electrons. The molecule has 0 aromatic heterocycles. The van der Waals surface area contributed by atoms with Crippen LogP contribution < -0.4 is 0 Å². The molecular weight excluding hydrogens is 180 g/mol. The fourth-order valence-electron chi connectivity index (χ4n) is 0.567. The molecule has 0 aromatic rings. The maximum absolute atomic E-state index is 10.6. The Labute approximate surface area is 83.4 Å². The van der Waals surface area contributed by atoms with E-state index in [2.05, 4.69) is 10.7 Å². The molecule has 0 aliphatic carbocycles. The zero-order valence-electron chi connectivity index (χ0n) is 8.15. The molecule has 0 aliphatic rings. The molecule has 1 N–H and O–H groups in total. The maximum atomic E-state index is 10.6. The van der Waals surface area contributed by atoms with Crippen molar-refractivity contribution in [2.75, 3.05) is 7.11 Å². The fraction of sp³-hybridized carbons (Fsp3) is 0.182. The number of methoxy groups -OCH3 is 1. The van der Waals surface area contributed by atoms with Gasteiger partial charge in [0.15, 0.2) is 0 Å². The van der Waals surface area contributed by atoms with Crippen LogP contribution in [-0.4, -0.2) is 18.2 Å². The molecule has 0 bridgehead atoms. The summed E-state index contributed by atoms with van der Waals surface area (Å²) in [6.07, 6.45) is 10.6. The molecule has 0 atom stereocenters. The Balaban J connectivity index is 4.34. The number of hydrogen-bond acceptors (Lipinski definition) is 3. The molecule has 0 saturated heterocycles. The normalized spacial score (nSPS) is 12.6. The van der Waals surface area contributed by atoms with Gasteiger partial charge < -0.3 is 9.84 Å². The van der Waals surface area contributed by atoms with Gasteiger partial charge in [0.25, 0.3) is 0 Å². The standard InChI is InChI=1S/C11H12O3/c1-4-9(2)6-5-7-10(12)8-11(13)14-3/h1,5-8,12H,2-3H3/b7-5+,9-6-,10-8-. The number of ether oxygens (including phenoxy) is 1. The van der Waals surface area contributed by atoms with E-state index in [4.69, 9.17) is 11.5 Å². The van der Waals surface area contributed by atoms with Crippen LogP contribution in [0.25, 0.3) is 0 Å². The summed E-state index contributed by atoms with van der Waals surface area (Å²) in [5, 5.41) is 9.13. The zero-order valence-corrected chi connectivity index (χ0v) is 8.15. The van der Waals surface area contributed by atoms with Gasteiger partial charge in [0.2, 0.25) is 0 Å². The molecule has 0 fully saturated rings. The quantitative estimate of drug-likeness (QED) is 0.243. The van der Waals surface area contributed by atoms with Crippen molar-refractivity contribution in [1.29, 1.82) is 0 Å². The molecule has 0 amide bonds. The van der Waals surface area contributed by atoms with E-state index in [1.807, 2.05) is 0 Å². The van der Waals surface area contributed by atoms with Crippen molar-refractivity contribution < 1.29 is 14.6 Å². The Bertz CT molecular complexity index is 327. The molecule has 0 saturated carbocycles. The first-order valence-electron chi connectivity index (χ1n) is 3.90. The van der Waals surface area contributed by atoms with Crippen LogP contribution in [0.4, 0.5) is 0 Å². The second kappa shape index (κ2) is 6.55. The Morgan fingerprint density at radius 1 is 1.57 bits per heavy atom. The number of esters is 1. The largest absolute Gasteiger partial charge is 0.508 e. The van der Waals surface area contributed by atoms with E-state index in [0.717, 1.165) is 11.6 Å². The van der Waals surface area contributed by atoms with Gasteiger partial charge in [-0.2, -0.15) is 0 Å². The van der Waals surface area contributed by atoms with E-state index in [1.165, 1.54) is 13.2 Å². The lowest BCUT2D eigenvalue weighted by molar-refractivity contribution is -0.135. The van der Waals surface area contributed by atoms with E-state index in [-0.39, 0.29) is 5.76 Å². The molecule has 0 rings (SSSR count). The van der Waals surface area contributed by atoms with Crippen LogP contribution in [0.1, 0.15) is 6.92 Å². The number of hydrogen-bond donors (Lipinski definition) is 1. The van der Waals surface area contributed by atoms with Gasteiger partial charge in [-0.05, 0) is 18.6 Å². The smallest absolute Gasteiger partial charge is 0.334 e. The van der Waals surface area contributed by atoms with Gasteiger partial charge >= 0.3 is 5.97 Å². The summed E-state index contributed by atoms with van der Waals surface area (Å²) in [7, 11) is 1.23. The van der Waals surface area contributed by atoms with Crippen LogP contribution in [-0.2, 0) is 9.53 Å². The average Bonchev–Trinajstić information content (AvgIpc) is 2.17. The molecule has 0 aromatic carbocycles. The van der Waals surface area contributed by atoms with Crippen LogP contribution in [0.5, 0.6) is 0 Å². The third-order valence-corrected chi connectivity index (χ3v) is 1.31. The second-order valence-corrected chi connectivity index (χ2v) is 2.45. The summed E-state index contributed by atoms with van der Waals surface area (Å²) in [6, 6.07) is 0. The molecule has 0 aliphatic heterocycles. The number of carbonyl (C=O) groups is 1. The zero-order chi connectivity index (χ0) is 11.0. The van der Waals surface area contributed by atoms with Crippen molar-refractivity contribution in [3.05, 3.63) is 35.6 Å². The van der Waals surface area contributed by atoms with Gasteiger partial charge in [0.1, 0.15) is 5.76 Å². The van der Waals surface area contributed by atoms with Crippen LogP contribution in [0.3, 0.4) is 0 Å². The first-order chi connectivity index (χ1) is 6.60. The molecule has 3 heteroatoms. The number of terminal acetylenes is 1. The van der Waals surface area contributed by atoms with Gasteiger partial charge in [-0.25, -0.2) is 4.79 Å². The molecule has 0 spiro atoms. The maximum Gasteiger partial charge on any atom is 0.334 e. The van der Waals surface area contributed by atoms with E-state index in [9.17, 15) is 4.79 Å². The third kappa shape index (κ3) is 5.67. The van der Waals surface area contributed by atoms with Crippen molar-refractivity contribution in [3.63, 3.8) is 0 Å². The van der Waals surface area contributed by atoms with E-state index >= 15 is 0 Å². The second-order valence-electron chi connectivity index (χ2n) is 2.45. The highest BCUT2D eigenvalue weighted by Crippen LogP contribution is 1.95. The van der Waals surface area contributed by atoms with Crippen LogP contribution in [0.2, 0.25) is 0 Å². The summed E-state index contributed by atoms with van der Waals surface area (Å²) in [4.78, 5) is 10.6. The third-order valence-electron chi connectivity index (χ3n) is 1.31. The van der Waals surface area contributed by atoms with Crippen molar-refractivity contribution in [2.24, 2.45) is 0 Å². The van der Waals surface area contributed by atoms with E-state index < -0.39 is 5.97 Å². The fourth-order valence-corrected chi connectivity index (χ4v) is 0.567. The number of rotatable bonds is 3. The van der Waals surface area contributed by atoms with E-state index in [0.29, 0.717) is 0 Å². The van der Waals surface area contributed by atoms with Crippen molar-refractivity contribution in [1.82, 2.24) is 0 Å². The Kier molecular flexibility index (Phi) is 5.64. The Morgan fingerprint density at radius 3 is 2.71 bits per heavy atom. The predicted octanol–water partition coefficient (Wildman–Crippen LogP) is 1.74. The van der Waals surface area contributed by atoms with Gasteiger partial charge in [0, 0.05) is 0 Å². The lowest BCUT2D eigenvalue weighted by Gasteiger charge is -1.91. The molecule has 14 heavy (non-hydrogen) atoms. The average molecular weight is 192 g/mol.